The van der Waals surface area contributed by atoms with Crippen LogP contribution in [0.25, 0.3) is 0 Å². The summed E-state index contributed by atoms with van der Waals surface area (Å²) in [6.45, 7) is 10.7. The second kappa shape index (κ2) is 10.7. The first kappa shape index (κ1) is 20.0. The van der Waals surface area contributed by atoms with Crippen molar-refractivity contribution in [3.8, 4) is 5.75 Å². The van der Waals surface area contributed by atoms with Crippen LogP contribution in [0.15, 0.2) is 29.3 Å². The minimum absolute atomic E-state index is 0. The summed E-state index contributed by atoms with van der Waals surface area (Å²) in [4.78, 5) is 6.48. The molecule has 0 heterocycles. The van der Waals surface area contributed by atoms with Crippen LogP contribution in [0, 0.1) is 0 Å². The van der Waals surface area contributed by atoms with Crippen molar-refractivity contribution in [2.45, 2.75) is 40.2 Å². The van der Waals surface area contributed by atoms with Gasteiger partial charge < -0.3 is 15.4 Å². The summed E-state index contributed by atoms with van der Waals surface area (Å²) in [5.74, 6) is 1.55. The largest absolute Gasteiger partial charge is 0.491 e. The van der Waals surface area contributed by atoms with Crippen molar-refractivity contribution in [2.75, 3.05) is 19.6 Å². The van der Waals surface area contributed by atoms with Crippen molar-refractivity contribution in [2.24, 2.45) is 10.7 Å². The number of hydrogen-bond donors (Lipinski definition) is 1. The zero-order valence-corrected chi connectivity index (χ0v) is 15.8. The molecule has 1 rings (SSSR count). The summed E-state index contributed by atoms with van der Waals surface area (Å²) in [6, 6.07) is 8.18. The molecule has 2 N–H and O–H groups in total. The molecule has 1 aromatic rings. The standard InChI is InChI=1S/C16H27N3O.HI/c1-5-19(6-2)16(17)18-12-11-14-7-9-15(10-8-14)20-13(3)4;/h7-10,13H,5-6,11-12H2,1-4H3,(H2,17,18);1H. The number of hydrogen-bond acceptors (Lipinski definition) is 2. The Bertz CT molecular complexity index is 414. The van der Waals surface area contributed by atoms with Crippen molar-refractivity contribution in [3.05, 3.63) is 29.8 Å². The highest BCUT2D eigenvalue weighted by Gasteiger charge is 2.02. The van der Waals surface area contributed by atoms with Gasteiger partial charge in [-0.25, -0.2) is 0 Å². The van der Waals surface area contributed by atoms with Crippen molar-refractivity contribution >= 4 is 29.9 Å². The van der Waals surface area contributed by atoms with E-state index in [1.54, 1.807) is 0 Å². The number of halogens is 1. The van der Waals surface area contributed by atoms with E-state index in [0.29, 0.717) is 12.5 Å². The van der Waals surface area contributed by atoms with Crippen molar-refractivity contribution in [1.82, 2.24) is 4.90 Å². The predicted molar refractivity (Wildman–Crippen MR) is 101 cm³/mol. The Morgan fingerprint density at radius 3 is 2.24 bits per heavy atom. The van der Waals surface area contributed by atoms with Gasteiger partial charge in [-0.2, -0.15) is 0 Å². The summed E-state index contributed by atoms with van der Waals surface area (Å²) in [5, 5.41) is 0. The second-order valence-electron chi connectivity index (χ2n) is 4.97. The average Bonchev–Trinajstić information content (AvgIpc) is 2.41. The van der Waals surface area contributed by atoms with Gasteiger partial charge in [0, 0.05) is 19.6 Å². The maximum Gasteiger partial charge on any atom is 0.191 e. The molecule has 4 nitrogen and oxygen atoms in total. The molecule has 0 radical (unpaired) electrons. The van der Waals surface area contributed by atoms with Crippen LogP contribution in [0.4, 0.5) is 0 Å². The molecule has 0 aliphatic carbocycles. The van der Waals surface area contributed by atoms with Gasteiger partial charge in [0.05, 0.1) is 6.10 Å². The van der Waals surface area contributed by atoms with E-state index in [1.807, 2.05) is 26.0 Å². The minimum atomic E-state index is 0. The van der Waals surface area contributed by atoms with Gasteiger partial charge in [0.15, 0.2) is 5.96 Å². The second-order valence-corrected chi connectivity index (χ2v) is 4.97. The molecule has 21 heavy (non-hydrogen) atoms. The Morgan fingerprint density at radius 1 is 1.19 bits per heavy atom. The third-order valence-corrected chi connectivity index (χ3v) is 3.06. The maximum atomic E-state index is 5.94. The normalized spacial score (nSPS) is 11.2. The summed E-state index contributed by atoms with van der Waals surface area (Å²) in [6.07, 6.45) is 1.10. The van der Waals surface area contributed by atoms with Gasteiger partial charge in [-0.1, -0.05) is 12.1 Å². The molecule has 0 unspecified atom stereocenters. The number of benzene rings is 1. The van der Waals surface area contributed by atoms with Crippen LogP contribution in [-0.2, 0) is 6.42 Å². The fourth-order valence-electron chi connectivity index (χ4n) is 1.95. The number of aliphatic imine (C=N–C) groups is 1. The van der Waals surface area contributed by atoms with Gasteiger partial charge in [0.2, 0.25) is 0 Å². The van der Waals surface area contributed by atoms with E-state index in [1.165, 1.54) is 5.56 Å². The molecule has 0 saturated carbocycles. The average molecular weight is 405 g/mol. The number of rotatable bonds is 7. The van der Waals surface area contributed by atoms with Crippen LogP contribution >= 0.6 is 24.0 Å². The predicted octanol–water partition coefficient (Wildman–Crippen LogP) is 3.29. The highest BCUT2D eigenvalue weighted by molar-refractivity contribution is 14.0. The summed E-state index contributed by atoms with van der Waals surface area (Å²) < 4.78 is 5.62. The van der Waals surface area contributed by atoms with Crippen molar-refractivity contribution < 1.29 is 4.74 Å². The van der Waals surface area contributed by atoms with Gasteiger partial charge in [-0.3, -0.25) is 4.99 Å². The van der Waals surface area contributed by atoms with E-state index in [-0.39, 0.29) is 30.1 Å². The lowest BCUT2D eigenvalue weighted by molar-refractivity contribution is 0.242. The first-order valence-electron chi connectivity index (χ1n) is 7.37. The van der Waals surface area contributed by atoms with Crippen molar-refractivity contribution in [1.29, 1.82) is 0 Å². The van der Waals surface area contributed by atoms with Gasteiger partial charge in [0.25, 0.3) is 0 Å². The topological polar surface area (TPSA) is 50.8 Å². The first-order chi connectivity index (χ1) is 9.56. The third-order valence-electron chi connectivity index (χ3n) is 3.06. The third kappa shape index (κ3) is 7.55. The van der Waals surface area contributed by atoms with Crippen LogP contribution in [0.5, 0.6) is 5.75 Å². The Balaban J connectivity index is 0.00000400. The monoisotopic (exact) mass is 405 g/mol. The summed E-state index contributed by atoms with van der Waals surface area (Å²) in [5.41, 5.74) is 7.19. The lowest BCUT2D eigenvalue weighted by atomic mass is 10.1. The molecule has 0 bridgehead atoms. The van der Waals surface area contributed by atoms with E-state index in [9.17, 15) is 0 Å². The molecule has 1 aromatic carbocycles. The smallest absolute Gasteiger partial charge is 0.191 e. The Labute approximate surface area is 145 Å². The van der Waals surface area contributed by atoms with Crippen LogP contribution < -0.4 is 10.5 Å². The lowest BCUT2D eigenvalue weighted by Gasteiger charge is -2.19. The molecule has 0 aliphatic rings. The molecule has 5 heteroatoms. The maximum absolute atomic E-state index is 5.94. The van der Waals surface area contributed by atoms with E-state index in [0.717, 1.165) is 25.3 Å². The number of guanidine groups is 1. The van der Waals surface area contributed by atoms with Crippen LogP contribution in [0.2, 0.25) is 0 Å². The van der Waals surface area contributed by atoms with Crippen LogP contribution in [0.3, 0.4) is 0 Å². The molecular weight excluding hydrogens is 377 g/mol. The van der Waals surface area contributed by atoms with Crippen LogP contribution in [-0.4, -0.2) is 36.6 Å². The fraction of sp³-hybridized carbons (Fsp3) is 0.562. The quantitative estimate of drug-likeness (QED) is 0.430. The molecule has 0 amide bonds. The SMILES string of the molecule is CCN(CC)C(N)=NCCc1ccc(OC(C)C)cc1.I. The van der Waals surface area contributed by atoms with E-state index >= 15 is 0 Å². The molecule has 0 aromatic heterocycles. The summed E-state index contributed by atoms with van der Waals surface area (Å²) >= 11 is 0. The molecule has 0 saturated heterocycles. The molecule has 0 spiro atoms. The number of nitrogens with zero attached hydrogens (tertiary/aromatic N) is 2. The summed E-state index contributed by atoms with van der Waals surface area (Å²) in [7, 11) is 0. The fourth-order valence-corrected chi connectivity index (χ4v) is 1.95. The zero-order chi connectivity index (χ0) is 15.0. The number of nitrogens with two attached hydrogens (primary N) is 1. The lowest BCUT2D eigenvalue weighted by Crippen LogP contribution is -2.37. The van der Waals surface area contributed by atoms with E-state index in [2.05, 4.69) is 35.9 Å². The molecular formula is C16H28IN3O. The first-order valence-corrected chi connectivity index (χ1v) is 7.37. The van der Waals surface area contributed by atoms with Gasteiger partial charge in [-0.15, -0.1) is 24.0 Å². The molecule has 0 atom stereocenters. The van der Waals surface area contributed by atoms with E-state index in [4.69, 9.17) is 10.5 Å². The van der Waals surface area contributed by atoms with Gasteiger partial charge in [-0.05, 0) is 51.8 Å². The Morgan fingerprint density at radius 2 is 1.76 bits per heavy atom. The zero-order valence-electron chi connectivity index (χ0n) is 13.5. The van der Waals surface area contributed by atoms with Crippen LogP contribution in [0.1, 0.15) is 33.3 Å². The van der Waals surface area contributed by atoms with Gasteiger partial charge in [0.1, 0.15) is 5.75 Å². The van der Waals surface area contributed by atoms with Crippen molar-refractivity contribution in [3.63, 3.8) is 0 Å². The number of ether oxygens (including phenoxy) is 1. The van der Waals surface area contributed by atoms with Gasteiger partial charge >= 0.3 is 0 Å². The Kier molecular flexibility index (Phi) is 10.2. The molecule has 120 valence electrons. The van der Waals surface area contributed by atoms with E-state index < -0.39 is 0 Å². The highest BCUT2D eigenvalue weighted by atomic mass is 127. The Hall–Kier alpha value is -0.980. The molecule has 0 aliphatic heterocycles. The molecule has 0 fully saturated rings. The minimum Gasteiger partial charge on any atom is -0.491 e. The highest BCUT2D eigenvalue weighted by Crippen LogP contribution is 2.14.